The van der Waals surface area contributed by atoms with Crippen LogP contribution >= 0.6 is 15.9 Å². The molecule has 21 heavy (non-hydrogen) atoms. The molecular formula is C15H12BrNO4. The monoisotopic (exact) mass is 349 g/mol. The smallest absolute Gasteiger partial charge is 0.335 e. The van der Waals surface area contributed by atoms with Crippen LogP contribution in [0.5, 0.6) is 5.75 Å². The number of amides is 1. The van der Waals surface area contributed by atoms with Crippen LogP contribution in [0.2, 0.25) is 0 Å². The van der Waals surface area contributed by atoms with Crippen molar-refractivity contribution in [2.75, 3.05) is 5.32 Å². The highest BCUT2D eigenvalue weighted by Crippen LogP contribution is 2.23. The number of aryl methyl sites for hydroxylation is 1. The van der Waals surface area contributed by atoms with E-state index in [0.29, 0.717) is 15.7 Å². The van der Waals surface area contributed by atoms with Gasteiger partial charge in [0.05, 0.1) is 11.1 Å². The van der Waals surface area contributed by atoms with E-state index in [1.165, 1.54) is 24.3 Å². The summed E-state index contributed by atoms with van der Waals surface area (Å²) in [6.07, 6.45) is 0. The second-order valence-electron chi connectivity index (χ2n) is 4.45. The standard InChI is InChI=1S/C15H12BrNO4/c1-8-6-10(3-4-11(8)15(20)21)17-14(19)12-7-9(16)2-5-13(12)18/h2-7,18H,1H3,(H,17,19)(H,20,21). The van der Waals surface area contributed by atoms with Crippen LogP contribution in [0.15, 0.2) is 40.9 Å². The fourth-order valence-corrected chi connectivity index (χ4v) is 2.23. The molecule has 6 heteroatoms. The normalized spacial score (nSPS) is 10.2. The SMILES string of the molecule is Cc1cc(NC(=O)c2cc(Br)ccc2O)ccc1C(=O)O. The predicted octanol–water partition coefficient (Wildman–Crippen LogP) is 3.41. The Bertz CT molecular complexity index is 728. The molecule has 5 nitrogen and oxygen atoms in total. The summed E-state index contributed by atoms with van der Waals surface area (Å²) in [5.74, 6) is -1.62. The van der Waals surface area contributed by atoms with E-state index in [2.05, 4.69) is 21.2 Å². The van der Waals surface area contributed by atoms with E-state index in [9.17, 15) is 14.7 Å². The molecule has 0 saturated carbocycles. The Morgan fingerprint density at radius 2 is 1.81 bits per heavy atom. The average Bonchev–Trinajstić information content (AvgIpc) is 2.41. The molecule has 0 aliphatic rings. The second-order valence-corrected chi connectivity index (χ2v) is 5.37. The maximum absolute atomic E-state index is 12.1. The molecule has 2 aromatic carbocycles. The summed E-state index contributed by atoms with van der Waals surface area (Å²) < 4.78 is 0.669. The molecule has 0 unspecified atom stereocenters. The van der Waals surface area contributed by atoms with Gasteiger partial charge in [-0.25, -0.2) is 4.79 Å². The number of phenolic OH excluding ortho intramolecular Hbond substituents is 1. The minimum atomic E-state index is -1.02. The molecule has 0 aliphatic carbocycles. The van der Waals surface area contributed by atoms with E-state index in [0.717, 1.165) is 0 Å². The number of phenols is 1. The van der Waals surface area contributed by atoms with Gasteiger partial charge in [-0.05, 0) is 48.9 Å². The lowest BCUT2D eigenvalue weighted by Gasteiger charge is -2.09. The van der Waals surface area contributed by atoms with Gasteiger partial charge in [-0.1, -0.05) is 15.9 Å². The zero-order valence-corrected chi connectivity index (χ0v) is 12.6. The average molecular weight is 350 g/mol. The first-order valence-corrected chi connectivity index (χ1v) is 6.81. The van der Waals surface area contributed by atoms with Crippen LogP contribution in [-0.2, 0) is 0 Å². The third-order valence-corrected chi connectivity index (χ3v) is 3.41. The summed E-state index contributed by atoms with van der Waals surface area (Å²) in [6, 6.07) is 9.03. The number of hydrogen-bond donors (Lipinski definition) is 3. The lowest BCUT2D eigenvalue weighted by atomic mass is 10.1. The number of nitrogens with one attached hydrogen (secondary N) is 1. The van der Waals surface area contributed by atoms with Gasteiger partial charge in [0.15, 0.2) is 0 Å². The zero-order valence-electron chi connectivity index (χ0n) is 11.1. The molecule has 0 radical (unpaired) electrons. The van der Waals surface area contributed by atoms with Crippen molar-refractivity contribution in [2.24, 2.45) is 0 Å². The second kappa shape index (κ2) is 5.97. The molecule has 0 fully saturated rings. The number of hydrogen-bond acceptors (Lipinski definition) is 3. The van der Waals surface area contributed by atoms with Gasteiger partial charge in [0.2, 0.25) is 0 Å². The number of carboxylic acids is 1. The molecule has 0 aromatic heterocycles. The fraction of sp³-hybridized carbons (Fsp3) is 0.0667. The van der Waals surface area contributed by atoms with Crippen LogP contribution < -0.4 is 5.32 Å². The molecule has 2 rings (SSSR count). The number of carboxylic acid groups (broad SMARTS) is 1. The first-order valence-electron chi connectivity index (χ1n) is 6.02. The quantitative estimate of drug-likeness (QED) is 0.792. The predicted molar refractivity (Wildman–Crippen MR) is 81.9 cm³/mol. The summed E-state index contributed by atoms with van der Waals surface area (Å²) in [6.45, 7) is 1.65. The van der Waals surface area contributed by atoms with Crippen molar-refractivity contribution in [3.63, 3.8) is 0 Å². The largest absolute Gasteiger partial charge is 0.507 e. The van der Waals surface area contributed by atoms with E-state index < -0.39 is 11.9 Å². The Hall–Kier alpha value is -2.34. The van der Waals surface area contributed by atoms with E-state index in [-0.39, 0.29) is 16.9 Å². The first kappa shape index (κ1) is 15.1. The number of carbonyl (C=O) groups is 2. The Morgan fingerprint density at radius 3 is 2.43 bits per heavy atom. The van der Waals surface area contributed by atoms with E-state index in [1.807, 2.05) is 0 Å². The summed E-state index contributed by atoms with van der Waals surface area (Å²) in [5.41, 5.74) is 1.31. The minimum absolute atomic E-state index is 0.129. The summed E-state index contributed by atoms with van der Waals surface area (Å²) in [7, 11) is 0. The van der Waals surface area contributed by atoms with Crippen molar-refractivity contribution in [1.82, 2.24) is 0 Å². The highest BCUT2D eigenvalue weighted by molar-refractivity contribution is 9.10. The molecule has 0 aliphatic heterocycles. The molecule has 0 atom stereocenters. The van der Waals surface area contributed by atoms with Crippen molar-refractivity contribution in [2.45, 2.75) is 6.92 Å². The van der Waals surface area contributed by atoms with Gasteiger partial charge in [-0.3, -0.25) is 4.79 Å². The number of aromatic carboxylic acids is 1. The van der Waals surface area contributed by atoms with Gasteiger partial charge in [0.25, 0.3) is 5.91 Å². The van der Waals surface area contributed by atoms with Crippen LogP contribution in [0.1, 0.15) is 26.3 Å². The van der Waals surface area contributed by atoms with Crippen LogP contribution in [0.3, 0.4) is 0 Å². The zero-order chi connectivity index (χ0) is 15.6. The first-order chi connectivity index (χ1) is 9.88. The van der Waals surface area contributed by atoms with Crippen LogP contribution in [0.25, 0.3) is 0 Å². The molecule has 1 amide bonds. The Balaban J connectivity index is 2.26. The van der Waals surface area contributed by atoms with Crippen molar-refractivity contribution in [3.05, 3.63) is 57.6 Å². The number of benzene rings is 2. The minimum Gasteiger partial charge on any atom is -0.507 e. The van der Waals surface area contributed by atoms with Gasteiger partial charge in [0.1, 0.15) is 5.75 Å². The van der Waals surface area contributed by atoms with Gasteiger partial charge < -0.3 is 15.5 Å². The van der Waals surface area contributed by atoms with E-state index >= 15 is 0 Å². The molecule has 0 saturated heterocycles. The number of aromatic hydroxyl groups is 1. The van der Waals surface area contributed by atoms with Crippen molar-refractivity contribution < 1.29 is 19.8 Å². The van der Waals surface area contributed by atoms with Crippen LogP contribution in [0.4, 0.5) is 5.69 Å². The van der Waals surface area contributed by atoms with Crippen LogP contribution in [-0.4, -0.2) is 22.1 Å². The Kier molecular flexibility index (Phi) is 4.28. The summed E-state index contributed by atoms with van der Waals surface area (Å²) in [4.78, 5) is 23.0. The Labute approximate surface area is 129 Å². The highest BCUT2D eigenvalue weighted by atomic mass is 79.9. The highest BCUT2D eigenvalue weighted by Gasteiger charge is 2.13. The maximum Gasteiger partial charge on any atom is 0.335 e. The van der Waals surface area contributed by atoms with Crippen molar-refractivity contribution in [3.8, 4) is 5.75 Å². The Morgan fingerprint density at radius 1 is 1.10 bits per heavy atom. The van der Waals surface area contributed by atoms with Gasteiger partial charge in [0, 0.05) is 10.2 Å². The fourth-order valence-electron chi connectivity index (χ4n) is 1.87. The lowest BCUT2D eigenvalue weighted by Crippen LogP contribution is -2.12. The topological polar surface area (TPSA) is 86.6 Å². The van der Waals surface area contributed by atoms with Crippen molar-refractivity contribution >= 4 is 33.5 Å². The molecule has 0 heterocycles. The maximum atomic E-state index is 12.1. The number of carbonyl (C=O) groups excluding carboxylic acids is 1. The number of anilines is 1. The van der Waals surface area contributed by atoms with Gasteiger partial charge in [-0.15, -0.1) is 0 Å². The molecule has 0 bridgehead atoms. The lowest BCUT2D eigenvalue weighted by molar-refractivity contribution is 0.0696. The van der Waals surface area contributed by atoms with Crippen LogP contribution in [0, 0.1) is 6.92 Å². The third kappa shape index (κ3) is 3.41. The van der Waals surface area contributed by atoms with E-state index in [4.69, 9.17) is 5.11 Å². The molecular weight excluding hydrogens is 338 g/mol. The summed E-state index contributed by atoms with van der Waals surface area (Å²) in [5, 5.41) is 21.3. The van der Waals surface area contributed by atoms with Crippen molar-refractivity contribution in [1.29, 1.82) is 0 Å². The molecule has 3 N–H and O–H groups in total. The molecule has 0 spiro atoms. The summed E-state index contributed by atoms with van der Waals surface area (Å²) >= 11 is 3.23. The number of rotatable bonds is 3. The molecule has 2 aromatic rings. The van der Waals surface area contributed by atoms with E-state index in [1.54, 1.807) is 19.1 Å². The number of halogens is 1. The third-order valence-electron chi connectivity index (χ3n) is 2.92. The van der Waals surface area contributed by atoms with Gasteiger partial charge in [-0.2, -0.15) is 0 Å². The molecule has 108 valence electrons. The van der Waals surface area contributed by atoms with Gasteiger partial charge >= 0.3 is 5.97 Å².